The molecule has 0 aliphatic carbocycles. The number of pyridine rings is 1. The van der Waals surface area contributed by atoms with E-state index in [1.54, 1.807) is 0 Å². The summed E-state index contributed by atoms with van der Waals surface area (Å²) in [7, 11) is 0. The zero-order valence-corrected chi connectivity index (χ0v) is 17.8. The molecule has 6 rings (SSSR count). The van der Waals surface area contributed by atoms with Gasteiger partial charge in [-0.25, -0.2) is 4.68 Å². The largest absolute Gasteiger partial charge is 0.454 e. The minimum Gasteiger partial charge on any atom is -0.454 e. The molecule has 2 fully saturated rings. The molecule has 32 heavy (non-hydrogen) atoms. The molecule has 2 aromatic heterocycles. The van der Waals surface area contributed by atoms with Crippen LogP contribution in [0.2, 0.25) is 0 Å². The van der Waals surface area contributed by atoms with Crippen LogP contribution in [0, 0.1) is 0 Å². The molecule has 3 aliphatic heterocycles. The van der Waals surface area contributed by atoms with Gasteiger partial charge in [-0.15, -0.1) is 5.10 Å². The number of rotatable bonds is 5. The lowest BCUT2D eigenvalue weighted by Crippen LogP contribution is -2.39. The molecule has 1 aromatic carbocycles. The average Bonchev–Trinajstić information content (AvgIpc) is 3.57. The second-order valence-electron chi connectivity index (χ2n) is 8.70. The number of benzene rings is 1. The highest BCUT2D eigenvalue weighted by Crippen LogP contribution is 2.36. The maximum atomic E-state index is 13.3. The molecule has 3 aromatic rings. The first-order valence-corrected chi connectivity index (χ1v) is 11.3. The summed E-state index contributed by atoms with van der Waals surface area (Å²) in [5, 5.41) is 13.5. The van der Waals surface area contributed by atoms with Gasteiger partial charge in [0.1, 0.15) is 6.04 Å². The Bertz CT molecular complexity index is 1180. The van der Waals surface area contributed by atoms with E-state index in [9.17, 15) is 4.79 Å². The zero-order valence-electron chi connectivity index (χ0n) is 17.8. The van der Waals surface area contributed by atoms with E-state index in [1.165, 1.54) is 6.42 Å². The molecular weight excluding hydrogens is 412 g/mol. The number of H-pyrrole nitrogens is 1. The molecule has 1 N–H and O–H groups in total. The van der Waals surface area contributed by atoms with Crippen molar-refractivity contribution in [1.29, 1.82) is 0 Å². The summed E-state index contributed by atoms with van der Waals surface area (Å²) in [6.45, 7) is 3.36. The molecule has 10 nitrogen and oxygen atoms in total. The number of aromatic nitrogens is 5. The summed E-state index contributed by atoms with van der Waals surface area (Å²) in [5.41, 5.74) is 1.22. The first-order chi connectivity index (χ1) is 15.8. The van der Waals surface area contributed by atoms with Gasteiger partial charge in [0.25, 0.3) is 5.56 Å². The molecule has 0 radical (unpaired) electrons. The van der Waals surface area contributed by atoms with Crippen LogP contribution in [-0.4, -0.2) is 62.7 Å². The molecule has 0 bridgehead atoms. The van der Waals surface area contributed by atoms with Crippen molar-refractivity contribution in [2.75, 3.05) is 26.5 Å². The fourth-order valence-electron chi connectivity index (χ4n) is 5.01. The molecule has 0 amide bonds. The van der Waals surface area contributed by atoms with Gasteiger partial charge in [-0.05, 0) is 61.3 Å². The van der Waals surface area contributed by atoms with Crippen molar-refractivity contribution in [3.05, 3.63) is 39.9 Å². The molecule has 2 atom stereocenters. The Morgan fingerprint density at radius 2 is 1.94 bits per heavy atom. The van der Waals surface area contributed by atoms with Gasteiger partial charge in [0.2, 0.25) is 6.79 Å². The Labute approximate surface area is 184 Å². The van der Waals surface area contributed by atoms with E-state index in [1.807, 2.05) is 22.9 Å². The van der Waals surface area contributed by atoms with Crippen LogP contribution < -0.4 is 15.0 Å². The summed E-state index contributed by atoms with van der Waals surface area (Å²) in [5.74, 6) is 2.02. The van der Waals surface area contributed by atoms with Crippen molar-refractivity contribution in [3.8, 4) is 11.5 Å². The minimum atomic E-state index is -0.328. The highest BCUT2D eigenvalue weighted by Gasteiger charge is 2.32. The van der Waals surface area contributed by atoms with Crippen LogP contribution in [-0.2, 0) is 11.3 Å². The third-order valence-electron chi connectivity index (χ3n) is 6.62. The monoisotopic (exact) mass is 438 g/mol. The maximum absolute atomic E-state index is 13.3. The van der Waals surface area contributed by atoms with Gasteiger partial charge in [-0.2, -0.15) is 0 Å². The molecule has 5 heterocycles. The summed E-state index contributed by atoms with van der Waals surface area (Å²) in [4.78, 5) is 18.7. The number of hydrogen-bond acceptors (Lipinski definition) is 8. The molecule has 0 spiro atoms. The average molecular weight is 438 g/mol. The third-order valence-corrected chi connectivity index (χ3v) is 6.62. The van der Waals surface area contributed by atoms with Gasteiger partial charge in [0.15, 0.2) is 17.3 Å². The van der Waals surface area contributed by atoms with Crippen LogP contribution in [0.5, 0.6) is 11.5 Å². The van der Waals surface area contributed by atoms with E-state index in [0.717, 1.165) is 56.3 Å². The van der Waals surface area contributed by atoms with E-state index in [0.29, 0.717) is 29.4 Å². The highest BCUT2D eigenvalue weighted by molar-refractivity contribution is 5.83. The van der Waals surface area contributed by atoms with Crippen molar-refractivity contribution in [2.45, 2.75) is 50.8 Å². The van der Waals surface area contributed by atoms with E-state index < -0.39 is 0 Å². The maximum Gasteiger partial charge on any atom is 0.253 e. The van der Waals surface area contributed by atoms with E-state index in [-0.39, 0.29) is 24.5 Å². The van der Waals surface area contributed by atoms with Crippen LogP contribution in [0.1, 0.15) is 49.5 Å². The summed E-state index contributed by atoms with van der Waals surface area (Å²) in [6, 6.07) is 5.35. The number of fused-ring (bicyclic) bond motifs is 2. The second-order valence-corrected chi connectivity index (χ2v) is 8.70. The molecular formula is C22H26N6O4. The highest BCUT2D eigenvalue weighted by atomic mass is 16.7. The lowest BCUT2D eigenvalue weighted by Gasteiger charge is -2.33. The van der Waals surface area contributed by atoms with Gasteiger partial charge in [0.05, 0.1) is 18.2 Å². The van der Waals surface area contributed by atoms with Crippen LogP contribution >= 0.6 is 0 Å². The van der Waals surface area contributed by atoms with Gasteiger partial charge < -0.3 is 19.2 Å². The Kier molecular flexibility index (Phi) is 5.03. The lowest BCUT2D eigenvalue weighted by molar-refractivity contribution is 0.0902. The van der Waals surface area contributed by atoms with E-state index in [4.69, 9.17) is 14.2 Å². The number of aromatic amines is 1. The Balaban J connectivity index is 1.45. The fraction of sp³-hybridized carbons (Fsp3) is 0.545. The van der Waals surface area contributed by atoms with Crippen molar-refractivity contribution < 1.29 is 14.2 Å². The first-order valence-electron chi connectivity index (χ1n) is 11.3. The topological polar surface area (TPSA) is 107 Å². The lowest BCUT2D eigenvalue weighted by atomic mass is 10.00. The molecule has 3 aliphatic rings. The van der Waals surface area contributed by atoms with Crippen LogP contribution in [0.3, 0.4) is 0 Å². The number of nitrogens with one attached hydrogen (secondary N) is 1. The van der Waals surface area contributed by atoms with Crippen molar-refractivity contribution in [1.82, 2.24) is 30.1 Å². The SMILES string of the molecule is O=c1[nH]c2cc3c(cc2cc1[C@H](c1nnnn1C[C@@H]1CCCO1)N1CCCCC1)OCO3. The Hall–Kier alpha value is -2.98. The van der Waals surface area contributed by atoms with Crippen molar-refractivity contribution in [3.63, 3.8) is 0 Å². The van der Waals surface area contributed by atoms with Gasteiger partial charge in [0, 0.05) is 23.6 Å². The predicted molar refractivity (Wildman–Crippen MR) is 115 cm³/mol. The summed E-state index contributed by atoms with van der Waals surface area (Å²) < 4.78 is 18.6. The van der Waals surface area contributed by atoms with Gasteiger partial charge in [-0.3, -0.25) is 9.69 Å². The smallest absolute Gasteiger partial charge is 0.253 e. The summed E-state index contributed by atoms with van der Waals surface area (Å²) in [6.07, 6.45) is 5.54. The fourth-order valence-corrected chi connectivity index (χ4v) is 5.01. The second kappa shape index (κ2) is 8.18. The van der Waals surface area contributed by atoms with Gasteiger partial charge >= 0.3 is 0 Å². The Morgan fingerprint density at radius 3 is 2.75 bits per heavy atom. The Morgan fingerprint density at radius 1 is 1.09 bits per heavy atom. The zero-order chi connectivity index (χ0) is 21.5. The standard InChI is InChI=1S/C22H26N6O4/c29-22-16(9-14-10-18-19(32-13-31-18)11-17(14)23-22)20(27-6-2-1-3-7-27)21-24-25-26-28(21)12-15-5-4-8-30-15/h9-11,15,20H,1-8,12-13H2,(H,23,29)/t15-,20+/m0/s1. The van der Waals surface area contributed by atoms with Crippen LogP contribution in [0.25, 0.3) is 10.9 Å². The quantitative estimate of drug-likeness (QED) is 0.645. The van der Waals surface area contributed by atoms with Crippen molar-refractivity contribution in [2.24, 2.45) is 0 Å². The molecule has 0 unspecified atom stereocenters. The van der Waals surface area contributed by atoms with E-state index in [2.05, 4.69) is 25.4 Å². The molecule has 10 heteroatoms. The molecule has 2 saturated heterocycles. The number of hydrogen-bond donors (Lipinski definition) is 1. The minimum absolute atomic E-state index is 0.105. The van der Waals surface area contributed by atoms with Crippen molar-refractivity contribution >= 4 is 10.9 Å². The molecule has 168 valence electrons. The summed E-state index contributed by atoms with van der Waals surface area (Å²) >= 11 is 0. The van der Waals surface area contributed by atoms with Crippen LogP contribution in [0.15, 0.2) is 23.0 Å². The van der Waals surface area contributed by atoms with E-state index >= 15 is 0 Å². The first kappa shape index (κ1) is 19.7. The van der Waals surface area contributed by atoms with Gasteiger partial charge in [-0.1, -0.05) is 6.42 Å². The van der Waals surface area contributed by atoms with Crippen LogP contribution in [0.4, 0.5) is 0 Å². The number of ether oxygens (including phenoxy) is 3. The number of nitrogens with zero attached hydrogens (tertiary/aromatic N) is 5. The number of likely N-dealkylation sites (tertiary alicyclic amines) is 1. The predicted octanol–water partition coefficient (Wildman–Crippen LogP) is 2.00. The third kappa shape index (κ3) is 3.53. The number of tetrazole rings is 1. The molecule has 0 saturated carbocycles. The normalized spacial score (nSPS) is 21.9. The number of piperidine rings is 1.